The monoisotopic (exact) mass is 587 g/mol. The minimum absolute atomic E-state index is 0.0492. The van der Waals surface area contributed by atoms with Crippen LogP contribution in [0.3, 0.4) is 0 Å². The Balaban J connectivity index is 1.72. The van der Waals surface area contributed by atoms with Crippen LogP contribution in [-0.2, 0) is 16.4 Å². The van der Waals surface area contributed by atoms with Gasteiger partial charge in [0.1, 0.15) is 6.33 Å². The van der Waals surface area contributed by atoms with Crippen molar-refractivity contribution in [2.24, 2.45) is 0 Å². The molecule has 12 heteroatoms. The van der Waals surface area contributed by atoms with Crippen LogP contribution in [0.5, 0.6) is 0 Å². The fourth-order valence-corrected chi connectivity index (χ4v) is 6.01. The molecule has 1 saturated heterocycles. The second-order valence-corrected chi connectivity index (χ2v) is 12.1. The number of hydrogen-bond acceptors (Lipinski definition) is 7. The lowest BCUT2D eigenvalue weighted by Crippen LogP contribution is -2.44. The standard InChI is InChI=1S/C22H24BrCl2N5O3S/c1-3-34(32,33)19-5-4-14(24)10-18(19)27-30-13-26-21-15(22(30)31)11-17(23)16(20(21)25)12-29-8-6-28(2)7-9-29/h4-5,10-11,13,27H,3,6-9,12H2,1-2H3. The molecule has 0 spiro atoms. The highest BCUT2D eigenvalue weighted by Gasteiger charge is 2.21. The Morgan fingerprint density at radius 2 is 1.85 bits per heavy atom. The first-order chi connectivity index (χ1) is 16.1. The van der Waals surface area contributed by atoms with Crippen LogP contribution in [0.25, 0.3) is 10.9 Å². The lowest BCUT2D eigenvalue weighted by molar-refractivity contribution is 0.148. The first-order valence-corrected chi connectivity index (χ1v) is 13.9. The minimum atomic E-state index is -3.55. The summed E-state index contributed by atoms with van der Waals surface area (Å²) in [6.07, 6.45) is 1.30. The van der Waals surface area contributed by atoms with Crippen LogP contribution < -0.4 is 11.0 Å². The van der Waals surface area contributed by atoms with E-state index in [2.05, 4.69) is 43.2 Å². The topological polar surface area (TPSA) is 87.5 Å². The average Bonchev–Trinajstić information content (AvgIpc) is 2.80. The van der Waals surface area contributed by atoms with Crippen molar-refractivity contribution in [1.82, 2.24) is 19.5 Å². The van der Waals surface area contributed by atoms with Crippen LogP contribution in [0.1, 0.15) is 12.5 Å². The molecular weight excluding hydrogens is 565 g/mol. The van der Waals surface area contributed by atoms with Crippen molar-refractivity contribution in [2.45, 2.75) is 18.4 Å². The summed E-state index contributed by atoms with van der Waals surface area (Å²) in [4.78, 5) is 22.3. The van der Waals surface area contributed by atoms with E-state index in [-0.39, 0.29) is 16.3 Å². The number of likely N-dealkylation sites (N-methyl/N-ethyl adjacent to an activating group) is 1. The number of aromatic nitrogens is 2. The third kappa shape index (κ3) is 5.12. The van der Waals surface area contributed by atoms with E-state index in [9.17, 15) is 13.2 Å². The molecule has 34 heavy (non-hydrogen) atoms. The number of nitrogens with zero attached hydrogens (tertiary/aromatic N) is 4. The molecule has 0 atom stereocenters. The molecule has 0 radical (unpaired) electrons. The second-order valence-electron chi connectivity index (χ2n) is 8.20. The molecule has 2 heterocycles. The van der Waals surface area contributed by atoms with Gasteiger partial charge in [0.15, 0.2) is 9.84 Å². The summed E-state index contributed by atoms with van der Waals surface area (Å²) in [5.74, 6) is -0.0905. The maximum Gasteiger partial charge on any atom is 0.280 e. The van der Waals surface area contributed by atoms with E-state index in [0.29, 0.717) is 27.5 Å². The van der Waals surface area contributed by atoms with E-state index in [1.165, 1.54) is 24.5 Å². The molecule has 1 aliphatic heterocycles. The zero-order valence-electron chi connectivity index (χ0n) is 18.7. The Labute approximate surface area is 216 Å². The van der Waals surface area contributed by atoms with Crippen molar-refractivity contribution in [2.75, 3.05) is 44.4 Å². The Morgan fingerprint density at radius 1 is 1.15 bits per heavy atom. The molecule has 0 bridgehead atoms. The largest absolute Gasteiger partial charge is 0.304 e. The van der Waals surface area contributed by atoms with Crippen LogP contribution in [0.4, 0.5) is 5.69 Å². The molecule has 3 aromatic rings. The fourth-order valence-electron chi connectivity index (χ4n) is 3.84. The number of piperazine rings is 1. The summed E-state index contributed by atoms with van der Waals surface area (Å²) in [7, 11) is -1.45. The highest BCUT2D eigenvalue weighted by molar-refractivity contribution is 9.10. The van der Waals surface area contributed by atoms with Crippen LogP contribution >= 0.6 is 39.1 Å². The van der Waals surface area contributed by atoms with Gasteiger partial charge in [-0.25, -0.2) is 18.1 Å². The molecule has 8 nitrogen and oxygen atoms in total. The van der Waals surface area contributed by atoms with E-state index in [1.807, 2.05) is 0 Å². The van der Waals surface area contributed by atoms with Gasteiger partial charge in [-0.1, -0.05) is 46.1 Å². The van der Waals surface area contributed by atoms with Crippen LogP contribution in [0.2, 0.25) is 10.0 Å². The van der Waals surface area contributed by atoms with Crippen molar-refractivity contribution in [3.05, 3.63) is 61.0 Å². The summed E-state index contributed by atoms with van der Waals surface area (Å²) >= 11 is 16.4. The van der Waals surface area contributed by atoms with E-state index in [4.69, 9.17) is 23.2 Å². The Kier molecular flexibility index (Phi) is 7.56. The van der Waals surface area contributed by atoms with Gasteiger partial charge in [0.2, 0.25) is 0 Å². The summed E-state index contributed by atoms with van der Waals surface area (Å²) in [6, 6.07) is 6.08. The molecular formula is C22H24BrCl2N5O3S. The summed E-state index contributed by atoms with van der Waals surface area (Å²) in [5, 5.41) is 1.05. The van der Waals surface area contributed by atoms with Gasteiger partial charge >= 0.3 is 0 Å². The average molecular weight is 589 g/mol. The van der Waals surface area contributed by atoms with E-state index in [0.717, 1.165) is 40.9 Å². The zero-order chi connectivity index (χ0) is 24.6. The highest BCUT2D eigenvalue weighted by Crippen LogP contribution is 2.32. The van der Waals surface area contributed by atoms with Gasteiger partial charge in [0.25, 0.3) is 5.56 Å². The van der Waals surface area contributed by atoms with E-state index < -0.39 is 15.4 Å². The summed E-state index contributed by atoms with van der Waals surface area (Å²) in [5.41, 5.74) is 3.89. The van der Waals surface area contributed by atoms with Gasteiger partial charge in [-0.15, -0.1) is 0 Å². The Bertz CT molecular complexity index is 1410. The molecule has 1 aliphatic rings. The number of rotatable bonds is 6. The number of hydrogen-bond donors (Lipinski definition) is 1. The predicted molar refractivity (Wildman–Crippen MR) is 140 cm³/mol. The number of benzene rings is 2. The van der Waals surface area contributed by atoms with Crippen LogP contribution in [0, 0.1) is 0 Å². The Morgan fingerprint density at radius 3 is 2.53 bits per heavy atom. The zero-order valence-corrected chi connectivity index (χ0v) is 22.6. The molecule has 4 rings (SSSR count). The molecule has 2 aromatic carbocycles. The number of halogens is 3. The quantitative estimate of drug-likeness (QED) is 0.467. The highest BCUT2D eigenvalue weighted by atomic mass is 79.9. The maximum atomic E-state index is 13.3. The molecule has 1 aromatic heterocycles. The maximum absolute atomic E-state index is 13.3. The first-order valence-electron chi connectivity index (χ1n) is 10.7. The van der Waals surface area contributed by atoms with Crippen molar-refractivity contribution in [1.29, 1.82) is 0 Å². The van der Waals surface area contributed by atoms with Gasteiger partial charge in [0.05, 0.1) is 32.3 Å². The molecule has 1 N–H and O–H groups in total. The normalized spacial score (nSPS) is 15.7. The van der Waals surface area contributed by atoms with Gasteiger partial charge < -0.3 is 4.90 Å². The Hall–Kier alpha value is -1.69. The van der Waals surface area contributed by atoms with Crippen molar-refractivity contribution < 1.29 is 8.42 Å². The third-order valence-corrected chi connectivity index (χ3v) is 9.05. The van der Waals surface area contributed by atoms with Crippen molar-refractivity contribution in [3.63, 3.8) is 0 Å². The molecule has 0 unspecified atom stereocenters. The lowest BCUT2D eigenvalue weighted by atomic mass is 10.1. The molecule has 0 aliphatic carbocycles. The third-order valence-electron chi connectivity index (χ3n) is 5.91. The van der Waals surface area contributed by atoms with Crippen molar-refractivity contribution >= 4 is 65.6 Å². The SMILES string of the molecule is CCS(=O)(=O)c1ccc(Cl)cc1Nn1cnc2c(Cl)c(CN3CCN(C)CC3)c(Br)cc2c1=O. The van der Waals surface area contributed by atoms with Crippen LogP contribution in [0.15, 0.2) is 44.8 Å². The predicted octanol–water partition coefficient (Wildman–Crippen LogP) is 3.88. The van der Waals surface area contributed by atoms with E-state index in [1.54, 1.807) is 13.0 Å². The summed E-state index contributed by atoms with van der Waals surface area (Å²) < 4.78 is 26.9. The van der Waals surface area contributed by atoms with Gasteiger partial charge in [-0.3, -0.25) is 15.1 Å². The van der Waals surface area contributed by atoms with E-state index >= 15 is 0 Å². The summed E-state index contributed by atoms with van der Waals surface area (Å²) in [6.45, 7) is 6.02. The first kappa shape index (κ1) is 25.4. The molecule has 0 amide bonds. The minimum Gasteiger partial charge on any atom is -0.304 e. The van der Waals surface area contributed by atoms with Gasteiger partial charge in [-0.2, -0.15) is 0 Å². The number of sulfone groups is 1. The second kappa shape index (κ2) is 10.1. The number of fused-ring (bicyclic) bond motifs is 1. The molecule has 0 saturated carbocycles. The molecule has 1 fully saturated rings. The smallest absolute Gasteiger partial charge is 0.280 e. The number of anilines is 1. The van der Waals surface area contributed by atoms with Crippen molar-refractivity contribution in [3.8, 4) is 0 Å². The molecule has 182 valence electrons. The van der Waals surface area contributed by atoms with Crippen LogP contribution in [-0.4, -0.2) is 66.9 Å². The lowest BCUT2D eigenvalue weighted by Gasteiger charge is -2.32. The van der Waals surface area contributed by atoms with Gasteiger partial charge in [0, 0.05) is 47.8 Å². The number of nitrogens with one attached hydrogen (secondary N) is 1. The van der Waals surface area contributed by atoms with Gasteiger partial charge in [-0.05, 0) is 31.3 Å². The fraction of sp³-hybridized carbons (Fsp3) is 0.364.